The maximum atomic E-state index is 13.3. The zero-order chi connectivity index (χ0) is 26.1. The third-order valence-electron chi connectivity index (χ3n) is 5.21. The normalized spacial score (nSPS) is 12.2. The molecule has 2 N–H and O–H groups in total. The molecule has 0 radical (unpaired) electrons. The van der Waals surface area contributed by atoms with E-state index in [1.807, 2.05) is 0 Å². The van der Waals surface area contributed by atoms with Crippen LogP contribution in [-0.2, 0) is 32.0 Å². The van der Waals surface area contributed by atoms with Crippen molar-refractivity contribution in [3.05, 3.63) is 107 Å². The van der Waals surface area contributed by atoms with E-state index >= 15 is 0 Å². The molecule has 2 atom stereocenters. The monoisotopic (exact) mass is 494 g/mol. The van der Waals surface area contributed by atoms with Crippen molar-refractivity contribution in [3.8, 4) is 0 Å². The quantitative estimate of drug-likeness (QED) is 0.352. The largest absolute Gasteiger partial charge is 0.392 e. The van der Waals surface area contributed by atoms with Crippen LogP contribution >= 0.6 is 0 Å². The summed E-state index contributed by atoms with van der Waals surface area (Å²) in [5.41, 5.74) is 1.39. The predicted molar refractivity (Wildman–Crippen MR) is 127 cm³/mol. The van der Waals surface area contributed by atoms with Gasteiger partial charge >= 0.3 is 11.9 Å². The second-order valence-electron chi connectivity index (χ2n) is 8.03. The molecule has 186 valence electrons. The van der Waals surface area contributed by atoms with Crippen molar-refractivity contribution in [2.75, 3.05) is 0 Å². The van der Waals surface area contributed by atoms with Gasteiger partial charge in [-0.25, -0.2) is 13.6 Å². The molecule has 3 rings (SSSR count). The molecule has 2 amide bonds. The van der Waals surface area contributed by atoms with Gasteiger partial charge in [-0.2, -0.15) is 0 Å². The van der Waals surface area contributed by atoms with Gasteiger partial charge < -0.3 is 15.4 Å². The zero-order valence-corrected chi connectivity index (χ0v) is 19.4. The molecule has 0 aliphatic heterocycles. The summed E-state index contributed by atoms with van der Waals surface area (Å²) in [4.78, 5) is 50.0. The molecule has 0 unspecified atom stereocenters. The van der Waals surface area contributed by atoms with Crippen LogP contribution in [0.4, 0.5) is 8.78 Å². The van der Waals surface area contributed by atoms with E-state index in [2.05, 4.69) is 15.4 Å². The third-order valence-corrected chi connectivity index (χ3v) is 5.21. The van der Waals surface area contributed by atoms with Crippen LogP contribution in [0.5, 0.6) is 0 Å². The molecule has 0 aliphatic carbocycles. The predicted octanol–water partition coefficient (Wildman–Crippen LogP) is 3.12. The maximum Gasteiger partial charge on any atom is 0.336 e. The van der Waals surface area contributed by atoms with Gasteiger partial charge in [0.1, 0.15) is 23.7 Å². The summed E-state index contributed by atoms with van der Waals surface area (Å²) in [5.74, 6) is -4.17. The van der Waals surface area contributed by atoms with E-state index in [1.54, 1.807) is 30.3 Å². The van der Waals surface area contributed by atoms with Crippen molar-refractivity contribution in [1.82, 2.24) is 10.6 Å². The van der Waals surface area contributed by atoms with Crippen molar-refractivity contribution >= 4 is 23.8 Å². The molecule has 0 bridgehead atoms. The van der Waals surface area contributed by atoms with Crippen LogP contribution in [0.2, 0.25) is 0 Å². The average Bonchev–Trinajstić information content (AvgIpc) is 2.85. The molecular weight excluding hydrogens is 470 g/mol. The molecule has 0 aromatic heterocycles. The van der Waals surface area contributed by atoms with Gasteiger partial charge in [0.25, 0.3) is 5.91 Å². The van der Waals surface area contributed by atoms with Crippen molar-refractivity contribution in [2.24, 2.45) is 0 Å². The highest BCUT2D eigenvalue weighted by atomic mass is 19.1. The van der Waals surface area contributed by atoms with E-state index in [4.69, 9.17) is 0 Å². The number of amides is 2. The molecule has 36 heavy (non-hydrogen) atoms. The fraction of sp³-hybridized carbons (Fsp3) is 0.185. The lowest BCUT2D eigenvalue weighted by Gasteiger charge is -2.23. The van der Waals surface area contributed by atoms with Crippen molar-refractivity contribution < 1.29 is 32.7 Å². The SMILES string of the molecule is CC(=O)OC(=O)[C@H](Cc1ccc(F)cc1)NC(=O)[C@H](Cc1ccccc1)NC(=O)c1ccc(F)cc1. The average molecular weight is 494 g/mol. The number of rotatable bonds is 9. The molecule has 0 heterocycles. The zero-order valence-electron chi connectivity index (χ0n) is 19.4. The third kappa shape index (κ3) is 7.83. The first-order valence-electron chi connectivity index (χ1n) is 11.1. The Morgan fingerprint density at radius 3 is 1.83 bits per heavy atom. The second kappa shape index (κ2) is 12.3. The molecular formula is C27H24F2N2O5. The van der Waals surface area contributed by atoms with Gasteiger partial charge in [-0.1, -0.05) is 42.5 Å². The standard InChI is InChI=1S/C27H24F2N2O5/c1-17(32)36-27(35)24(16-19-7-11-21(28)12-8-19)31-26(34)23(15-18-5-3-2-4-6-18)30-25(33)20-9-13-22(29)14-10-20/h2-14,23-24H,15-16H2,1H3,(H,30,33)(H,31,34)/t23-,24-/m0/s1. The summed E-state index contributed by atoms with van der Waals surface area (Å²) in [6.45, 7) is 1.05. The molecule has 3 aromatic carbocycles. The first-order valence-corrected chi connectivity index (χ1v) is 11.1. The van der Waals surface area contributed by atoms with E-state index in [-0.39, 0.29) is 18.4 Å². The Hall–Kier alpha value is -4.40. The van der Waals surface area contributed by atoms with Crippen molar-refractivity contribution in [2.45, 2.75) is 31.8 Å². The Balaban J connectivity index is 1.83. The summed E-state index contributed by atoms with van der Waals surface area (Å²) in [7, 11) is 0. The fourth-order valence-electron chi connectivity index (χ4n) is 3.44. The first-order chi connectivity index (χ1) is 17.2. The second-order valence-corrected chi connectivity index (χ2v) is 8.03. The number of nitrogens with one attached hydrogen (secondary N) is 2. The molecule has 0 saturated carbocycles. The molecule has 0 saturated heterocycles. The van der Waals surface area contributed by atoms with E-state index in [1.165, 1.54) is 36.4 Å². The highest BCUT2D eigenvalue weighted by molar-refractivity contribution is 5.98. The molecule has 0 fully saturated rings. The Kier molecular flexibility index (Phi) is 8.99. The highest BCUT2D eigenvalue weighted by Crippen LogP contribution is 2.10. The smallest absolute Gasteiger partial charge is 0.336 e. The minimum atomic E-state index is -1.28. The highest BCUT2D eigenvalue weighted by Gasteiger charge is 2.29. The first kappa shape index (κ1) is 26.2. The van der Waals surface area contributed by atoms with Crippen LogP contribution in [0, 0.1) is 11.6 Å². The van der Waals surface area contributed by atoms with Crippen LogP contribution in [0.3, 0.4) is 0 Å². The van der Waals surface area contributed by atoms with Crippen LogP contribution in [-0.4, -0.2) is 35.8 Å². The lowest BCUT2D eigenvalue weighted by Crippen LogP contribution is -2.53. The Labute approximate surface area is 206 Å². The Morgan fingerprint density at radius 1 is 0.722 bits per heavy atom. The number of carbonyl (C=O) groups excluding carboxylic acids is 4. The number of hydrogen-bond donors (Lipinski definition) is 2. The van der Waals surface area contributed by atoms with Crippen molar-refractivity contribution in [3.63, 3.8) is 0 Å². The van der Waals surface area contributed by atoms with Crippen LogP contribution in [0.25, 0.3) is 0 Å². The minimum Gasteiger partial charge on any atom is -0.392 e. The summed E-state index contributed by atoms with van der Waals surface area (Å²) in [6.07, 6.45) is 0.00668. The number of benzene rings is 3. The minimum absolute atomic E-state index is 0.0813. The summed E-state index contributed by atoms with van der Waals surface area (Å²) < 4.78 is 31.2. The van der Waals surface area contributed by atoms with E-state index < -0.39 is 47.5 Å². The lowest BCUT2D eigenvalue weighted by atomic mass is 10.0. The number of halogens is 2. The van der Waals surface area contributed by atoms with E-state index in [9.17, 15) is 28.0 Å². The molecule has 7 nitrogen and oxygen atoms in total. The number of hydrogen-bond acceptors (Lipinski definition) is 5. The fourth-order valence-corrected chi connectivity index (χ4v) is 3.44. The van der Waals surface area contributed by atoms with Gasteiger partial charge in [0, 0.05) is 25.3 Å². The van der Waals surface area contributed by atoms with Gasteiger partial charge in [-0.15, -0.1) is 0 Å². The summed E-state index contributed by atoms with van der Waals surface area (Å²) in [5, 5.41) is 5.15. The molecule has 3 aromatic rings. The van der Waals surface area contributed by atoms with Crippen LogP contribution < -0.4 is 10.6 Å². The van der Waals surface area contributed by atoms with Crippen molar-refractivity contribution in [1.29, 1.82) is 0 Å². The number of ether oxygens (including phenoxy) is 1. The number of esters is 2. The maximum absolute atomic E-state index is 13.3. The number of carbonyl (C=O) groups is 4. The van der Waals surface area contributed by atoms with E-state index in [0.29, 0.717) is 5.56 Å². The lowest BCUT2D eigenvalue weighted by molar-refractivity contribution is -0.160. The van der Waals surface area contributed by atoms with Gasteiger partial charge in [0.15, 0.2) is 0 Å². The van der Waals surface area contributed by atoms with Gasteiger partial charge in [0.2, 0.25) is 5.91 Å². The Bertz CT molecular complexity index is 1220. The Morgan fingerprint density at radius 2 is 1.25 bits per heavy atom. The molecule has 0 aliphatic rings. The van der Waals surface area contributed by atoms with Crippen LogP contribution in [0.15, 0.2) is 78.9 Å². The molecule has 9 heteroatoms. The summed E-state index contributed by atoms with van der Waals surface area (Å²) in [6, 6.07) is 16.6. The van der Waals surface area contributed by atoms with Gasteiger partial charge in [-0.05, 0) is 47.5 Å². The van der Waals surface area contributed by atoms with E-state index in [0.717, 1.165) is 24.6 Å². The van der Waals surface area contributed by atoms with Gasteiger partial charge in [0.05, 0.1) is 0 Å². The van der Waals surface area contributed by atoms with Gasteiger partial charge in [-0.3, -0.25) is 14.4 Å². The topological polar surface area (TPSA) is 102 Å². The molecule has 0 spiro atoms. The van der Waals surface area contributed by atoms with Crippen LogP contribution in [0.1, 0.15) is 28.4 Å². The summed E-state index contributed by atoms with van der Waals surface area (Å²) >= 11 is 0.